The molecule has 0 aliphatic carbocycles. The zero-order chi connectivity index (χ0) is 56.2. The van der Waals surface area contributed by atoms with Gasteiger partial charge in [-0.1, -0.05) is 73.9 Å². The van der Waals surface area contributed by atoms with Crippen LogP contribution in [0.4, 0.5) is 0 Å². The molecule has 0 spiro atoms. The lowest BCUT2D eigenvalue weighted by Gasteiger charge is -2.36. The molecule has 0 aromatic heterocycles. The number of aliphatic hydroxyl groups is 2. The molecule has 21 nitrogen and oxygen atoms in total. The van der Waals surface area contributed by atoms with E-state index in [9.17, 15) is 53.4 Å². The van der Waals surface area contributed by atoms with Crippen LogP contribution in [0.15, 0.2) is 24.3 Å². The third-order valence-corrected chi connectivity index (χ3v) is 14.8. The summed E-state index contributed by atoms with van der Waals surface area (Å²) >= 11 is 0. The van der Waals surface area contributed by atoms with Gasteiger partial charge in [-0.25, -0.2) is 4.79 Å². The maximum Gasteiger partial charge on any atom is 0.329 e. The van der Waals surface area contributed by atoms with Crippen LogP contribution in [0, 0.1) is 23.7 Å². The summed E-state index contributed by atoms with van der Waals surface area (Å²) in [7, 11) is 4.35. The quantitative estimate of drug-likeness (QED) is 0.137. The molecule has 1 aromatic rings. The smallest absolute Gasteiger partial charge is 0.329 e. The van der Waals surface area contributed by atoms with Crippen LogP contribution < -0.4 is 26.0 Å². The number of amides is 8. The second-order valence-electron chi connectivity index (χ2n) is 22.0. The van der Waals surface area contributed by atoms with Gasteiger partial charge in [0.2, 0.25) is 41.4 Å². The molecular formula is C54H86N8O13. The van der Waals surface area contributed by atoms with E-state index in [0.29, 0.717) is 37.0 Å². The number of nitrogens with one attached hydrogen (secondary N) is 4. The first-order valence-electron chi connectivity index (χ1n) is 26.8. The van der Waals surface area contributed by atoms with Crippen LogP contribution in [0.2, 0.25) is 0 Å². The Morgan fingerprint density at radius 3 is 2.09 bits per heavy atom. The molecule has 420 valence electrons. The number of carbonyl (C=O) groups is 9. The predicted molar refractivity (Wildman–Crippen MR) is 278 cm³/mol. The fourth-order valence-corrected chi connectivity index (χ4v) is 10.2. The number of esters is 1. The summed E-state index contributed by atoms with van der Waals surface area (Å²) in [5.74, 6) is -7.00. The summed E-state index contributed by atoms with van der Waals surface area (Å²) in [5, 5.41) is 33.1. The van der Waals surface area contributed by atoms with Gasteiger partial charge in [0, 0.05) is 33.6 Å². The maximum atomic E-state index is 14.9. The summed E-state index contributed by atoms with van der Waals surface area (Å²) in [4.78, 5) is 134. The number of aliphatic hydroxyl groups excluding tert-OH is 2. The number of carbonyl (C=O) groups excluding carboxylic acids is 9. The van der Waals surface area contributed by atoms with E-state index in [1.54, 1.807) is 45.0 Å². The molecule has 1 aromatic carbocycles. The Balaban J connectivity index is 1.87. The number of hydrogen-bond donors (Lipinski definition) is 6. The number of benzene rings is 1. The van der Waals surface area contributed by atoms with Crippen molar-refractivity contribution in [2.45, 2.75) is 194 Å². The molecule has 0 bridgehead atoms. The first-order valence-corrected chi connectivity index (χ1v) is 26.8. The summed E-state index contributed by atoms with van der Waals surface area (Å²) in [6.45, 7) is 17.6. The predicted octanol–water partition coefficient (Wildman–Crippen LogP) is 1.68. The number of hydrogen-bond acceptors (Lipinski definition) is 13. The molecule has 3 saturated heterocycles. The van der Waals surface area contributed by atoms with E-state index in [2.05, 4.69) is 21.3 Å². The molecule has 0 saturated carbocycles. The molecule has 12 atom stereocenters. The monoisotopic (exact) mass is 1050 g/mol. The number of nitrogens with zero attached hydrogens (tertiary/aromatic N) is 4. The van der Waals surface area contributed by atoms with Gasteiger partial charge in [-0.15, -0.1) is 0 Å². The van der Waals surface area contributed by atoms with Crippen molar-refractivity contribution in [1.29, 1.82) is 0 Å². The normalized spacial score (nSPS) is 27.2. The highest BCUT2D eigenvalue weighted by atomic mass is 16.5. The molecule has 6 N–H and O–H groups in total. The average molecular weight is 1060 g/mol. The standard InChI is InChI=1S/C54H86N8O13/c1-14-32(8)45-42(64)28-43(65)56-44(31(6)7)48(67)55-37(25-29(2)3)51(70)62-24-16-18-39(62)53(72)60(12)41(27-35-19-21-36(74-13)22-20-35)54(73)75-34(10)46(49(68)57-45)58-47(66)40(26-30(4)5)59(11)52(71)38-17-15-23-61(38)50(69)33(9)63/h19-22,29-34,37-42,44-46,63-64H,14-18,23-28H2,1-13H3,(H,55,67)(H,56,65)(H,57,68)(H,58,66)/t32-,33+,34+,37-,38?,39-,40+,41-,42-,44-,45+,46-/m0/s1. The van der Waals surface area contributed by atoms with E-state index >= 15 is 0 Å². The number of likely N-dealkylation sites (N-methyl/N-ethyl adjacent to an activating group) is 2. The van der Waals surface area contributed by atoms with Crippen molar-refractivity contribution in [3.63, 3.8) is 0 Å². The fraction of sp³-hybridized carbons (Fsp3) is 0.722. The topological polar surface area (TPSA) is 274 Å². The number of cyclic esters (lactones) is 1. The van der Waals surface area contributed by atoms with Crippen molar-refractivity contribution in [2.24, 2.45) is 23.7 Å². The highest BCUT2D eigenvalue weighted by Crippen LogP contribution is 2.27. The minimum absolute atomic E-state index is 0.0805. The third-order valence-electron chi connectivity index (χ3n) is 14.8. The molecular weight excluding hydrogens is 969 g/mol. The van der Waals surface area contributed by atoms with Gasteiger partial charge in [-0.05, 0) is 93.7 Å². The molecule has 8 amide bonds. The maximum absolute atomic E-state index is 14.9. The summed E-state index contributed by atoms with van der Waals surface area (Å²) in [6.07, 6.45) is -2.87. The van der Waals surface area contributed by atoms with Crippen LogP contribution >= 0.6 is 0 Å². The van der Waals surface area contributed by atoms with Crippen LogP contribution in [0.5, 0.6) is 5.75 Å². The van der Waals surface area contributed by atoms with Gasteiger partial charge >= 0.3 is 5.97 Å². The first kappa shape index (κ1) is 61.7. The second kappa shape index (κ2) is 27.8. The summed E-state index contributed by atoms with van der Waals surface area (Å²) < 4.78 is 11.5. The van der Waals surface area contributed by atoms with Gasteiger partial charge < -0.3 is 60.6 Å². The van der Waals surface area contributed by atoms with Crippen molar-refractivity contribution in [3.05, 3.63) is 29.8 Å². The third kappa shape index (κ3) is 16.1. The Morgan fingerprint density at radius 1 is 0.880 bits per heavy atom. The lowest BCUT2D eigenvalue weighted by Crippen LogP contribution is -2.62. The zero-order valence-electron chi connectivity index (χ0n) is 46.4. The van der Waals surface area contributed by atoms with Crippen molar-refractivity contribution in [1.82, 2.24) is 40.9 Å². The Hall–Kier alpha value is -5.83. The average Bonchev–Trinajstić information content (AvgIpc) is 4.06. The van der Waals surface area contributed by atoms with E-state index < -0.39 is 138 Å². The number of fused-ring (bicyclic) bond motifs is 1. The first-order chi connectivity index (χ1) is 35.2. The van der Waals surface area contributed by atoms with Crippen molar-refractivity contribution < 1.29 is 62.8 Å². The fourth-order valence-electron chi connectivity index (χ4n) is 10.2. The van der Waals surface area contributed by atoms with Crippen molar-refractivity contribution >= 4 is 53.2 Å². The number of likely N-dealkylation sites (tertiary alicyclic amines) is 1. The van der Waals surface area contributed by atoms with E-state index in [0.717, 1.165) is 0 Å². The SMILES string of the molecule is CC[C@H](C)[C@H]1NC(=O)[C@@H](NC(=O)[C@@H](CC(C)C)N(C)C(=O)C2CCCN2C(=O)[C@@H](C)O)[C@@H](C)OC(=O)[C@H](Cc2ccc(OC)cc2)N(C)C(=O)[C@@H]2CCCN2C(=O)[C@H](CC(C)C)NC(=O)[C@H](C(C)C)NC(=O)C[C@@H]1O. The number of rotatable bonds is 15. The minimum Gasteiger partial charge on any atom is -0.497 e. The Bertz CT molecular complexity index is 2170. The molecule has 3 aliphatic heterocycles. The van der Waals surface area contributed by atoms with Crippen LogP contribution in [0.1, 0.15) is 126 Å². The van der Waals surface area contributed by atoms with Crippen LogP contribution in [-0.2, 0) is 54.3 Å². The Kier molecular flexibility index (Phi) is 22.9. The van der Waals surface area contributed by atoms with Gasteiger partial charge in [-0.2, -0.15) is 0 Å². The number of methoxy groups -OCH3 is 1. The Morgan fingerprint density at radius 2 is 1.52 bits per heavy atom. The number of ether oxygens (including phenoxy) is 2. The lowest BCUT2D eigenvalue weighted by molar-refractivity contribution is -0.162. The minimum atomic E-state index is -1.71. The van der Waals surface area contributed by atoms with E-state index in [4.69, 9.17) is 9.47 Å². The van der Waals surface area contributed by atoms with Gasteiger partial charge in [0.15, 0.2) is 0 Å². The lowest BCUT2D eigenvalue weighted by atomic mass is 9.91. The molecule has 75 heavy (non-hydrogen) atoms. The van der Waals surface area contributed by atoms with Crippen LogP contribution in [0.25, 0.3) is 0 Å². The van der Waals surface area contributed by atoms with Crippen molar-refractivity contribution in [3.8, 4) is 5.75 Å². The van der Waals surface area contributed by atoms with Crippen molar-refractivity contribution in [2.75, 3.05) is 34.3 Å². The van der Waals surface area contributed by atoms with Gasteiger partial charge in [0.05, 0.1) is 25.7 Å². The second-order valence-corrected chi connectivity index (χ2v) is 22.0. The van der Waals surface area contributed by atoms with E-state index in [1.807, 2.05) is 34.6 Å². The zero-order valence-corrected chi connectivity index (χ0v) is 46.4. The highest BCUT2D eigenvalue weighted by molar-refractivity contribution is 5.97. The summed E-state index contributed by atoms with van der Waals surface area (Å²) in [5.41, 5.74) is 0.602. The molecule has 21 heteroatoms. The summed E-state index contributed by atoms with van der Waals surface area (Å²) in [6, 6.07) is -2.85. The van der Waals surface area contributed by atoms with Crippen LogP contribution in [-0.4, -0.2) is 184 Å². The molecule has 0 radical (unpaired) electrons. The van der Waals surface area contributed by atoms with Gasteiger partial charge in [0.1, 0.15) is 60.3 Å². The molecule has 3 heterocycles. The molecule has 4 rings (SSSR count). The van der Waals surface area contributed by atoms with E-state index in [1.165, 1.54) is 54.7 Å². The highest BCUT2D eigenvalue weighted by Gasteiger charge is 2.45. The molecule has 3 fully saturated rings. The Labute approximate surface area is 442 Å². The largest absolute Gasteiger partial charge is 0.497 e. The molecule has 1 unspecified atom stereocenters. The van der Waals surface area contributed by atoms with E-state index in [-0.39, 0.29) is 50.6 Å². The van der Waals surface area contributed by atoms with Gasteiger partial charge in [-0.3, -0.25) is 38.4 Å². The van der Waals surface area contributed by atoms with Crippen LogP contribution in [0.3, 0.4) is 0 Å². The van der Waals surface area contributed by atoms with Gasteiger partial charge in [0.25, 0.3) is 5.91 Å². The molecule has 3 aliphatic rings.